The summed E-state index contributed by atoms with van der Waals surface area (Å²) in [4.78, 5) is 0. The molecule has 22 heavy (non-hydrogen) atoms. The standard InChI is InChI=1S/C19H14Cl2O/c1-12-5-2-3-6-16(12)13-9-14(11-15(22)10-13)19-17(20)7-4-8-18(19)21/h2-11,22H,1H3. The van der Waals surface area contributed by atoms with Gasteiger partial charge in [-0.3, -0.25) is 0 Å². The molecule has 0 radical (unpaired) electrons. The van der Waals surface area contributed by atoms with Crippen molar-refractivity contribution in [1.29, 1.82) is 0 Å². The maximum atomic E-state index is 10.1. The Morgan fingerprint density at radius 1 is 0.773 bits per heavy atom. The molecule has 0 saturated carbocycles. The zero-order chi connectivity index (χ0) is 15.7. The summed E-state index contributed by atoms with van der Waals surface area (Å²) in [6.45, 7) is 2.04. The summed E-state index contributed by atoms with van der Waals surface area (Å²) in [7, 11) is 0. The van der Waals surface area contributed by atoms with E-state index in [1.165, 1.54) is 0 Å². The predicted molar refractivity (Wildman–Crippen MR) is 93.7 cm³/mol. The monoisotopic (exact) mass is 328 g/mol. The second-order valence-electron chi connectivity index (χ2n) is 5.18. The first-order valence-corrected chi connectivity index (χ1v) is 7.66. The van der Waals surface area contributed by atoms with Crippen LogP contribution in [0, 0.1) is 6.92 Å². The molecule has 0 spiro atoms. The normalized spacial score (nSPS) is 10.7. The van der Waals surface area contributed by atoms with Gasteiger partial charge >= 0.3 is 0 Å². The third-order valence-electron chi connectivity index (χ3n) is 3.63. The Bertz CT molecular complexity index is 820. The van der Waals surface area contributed by atoms with Gasteiger partial charge in [0.25, 0.3) is 0 Å². The summed E-state index contributed by atoms with van der Waals surface area (Å²) in [6, 6.07) is 18.9. The van der Waals surface area contributed by atoms with Gasteiger partial charge in [0.15, 0.2) is 0 Å². The van der Waals surface area contributed by atoms with Crippen molar-refractivity contribution in [3.63, 3.8) is 0 Å². The Morgan fingerprint density at radius 3 is 2.09 bits per heavy atom. The fourth-order valence-corrected chi connectivity index (χ4v) is 3.20. The minimum atomic E-state index is 0.187. The molecule has 0 aliphatic heterocycles. The zero-order valence-electron chi connectivity index (χ0n) is 12.0. The van der Waals surface area contributed by atoms with E-state index >= 15 is 0 Å². The number of hydrogen-bond acceptors (Lipinski definition) is 1. The van der Waals surface area contributed by atoms with Crippen LogP contribution >= 0.6 is 23.2 Å². The molecular weight excluding hydrogens is 315 g/mol. The SMILES string of the molecule is Cc1ccccc1-c1cc(O)cc(-c2c(Cl)cccc2Cl)c1. The van der Waals surface area contributed by atoms with Crippen molar-refractivity contribution in [3.05, 3.63) is 76.3 Å². The topological polar surface area (TPSA) is 20.2 Å². The molecule has 0 aromatic heterocycles. The largest absolute Gasteiger partial charge is 0.508 e. The molecule has 110 valence electrons. The van der Waals surface area contributed by atoms with E-state index in [-0.39, 0.29) is 5.75 Å². The molecule has 0 saturated heterocycles. The lowest BCUT2D eigenvalue weighted by Crippen LogP contribution is -1.86. The maximum Gasteiger partial charge on any atom is 0.116 e. The van der Waals surface area contributed by atoms with Crippen molar-refractivity contribution < 1.29 is 5.11 Å². The number of hydrogen-bond donors (Lipinski definition) is 1. The van der Waals surface area contributed by atoms with Crippen LogP contribution in [0.3, 0.4) is 0 Å². The second kappa shape index (κ2) is 6.04. The lowest BCUT2D eigenvalue weighted by Gasteiger charge is -2.12. The molecule has 0 unspecified atom stereocenters. The zero-order valence-corrected chi connectivity index (χ0v) is 13.5. The molecule has 0 atom stereocenters. The third-order valence-corrected chi connectivity index (χ3v) is 4.26. The second-order valence-corrected chi connectivity index (χ2v) is 5.99. The van der Waals surface area contributed by atoms with E-state index in [2.05, 4.69) is 0 Å². The number of phenolic OH excluding ortho intramolecular Hbond substituents is 1. The Balaban J connectivity index is 2.22. The molecule has 3 aromatic carbocycles. The predicted octanol–water partition coefficient (Wildman–Crippen LogP) is 6.34. The Hall–Kier alpha value is -1.96. The summed E-state index contributed by atoms with van der Waals surface area (Å²) in [5.74, 6) is 0.187. The van der Waals surface area contributed by atoms with E-state index in [1.807, 2.05) is 37.3 Å². The summed E-state index contributed by atoms with van der Waals surface area (Å²) in [5, 5.41) is 11.2. The molecule has 1 nitrogen and oxygen atoms in total. The number of benzene rings is 3. The molecule has 0 fully saturated rings. The van der Waals surface area contributed by atoms with Gasteiger partial charge in [-0.15, -0.1) is 0 Å². The first-order chi connectivity index (χ1) is 10.6. The van der Waals surface area contributed by atoms with Gasteiger partial charge in [-0.05, 0) is 59.5 Å². The Morgan fingerprint density at radius 2 is 1.41 bits per heavy atom. The fourth-order valence-electron chi connectivity index (χ4n) is 2.58. The first kappa shape index (κ1) is 15.0. The maximum absolute atomic E-state index is 10.1. The van der Waals surface area contributed by atoms with Crippen LogP contribution < -0.4 is 0 Å². The van der Waals surface area contributed by atoms with E-state index in [0.717, 1.165) is 27.8 Å². The number of aromatic hydroxyl groups is 1. The molecule has 3 aromatic rings. The summed E-state index contributed by atoms with van der Waals surface area (Å²) < 4.78 is 0. The number of aryl methyl sites for hydroxylation is 1. The van der Waals surface area contributed by atoms with Crippen molar-refractivity contribution in [2.75, 3.05) is 0 Å². The number of halogens is 2. The number of rotatable bonds is 2. The van der Waals surface area contributed by atoms with E-state index in [1.54, 1.807) is 30.3 Å². The lowest BCUT2D eigenvalue weighted by atomic mass is 9.96. The van der Waals surface area contributed by atoms with Crippen LogP contribution in [0.1, 0.15) is 5.56 Å². The Kier molecular flexibility index (Phi) is 4.10. The van der Waals surface area contributed by atoms with Gasteiger partial charge in [0.1, 0.15) is 5.75 Å². The molecule has 0 aliphatic carbocycles. The van der Waals surface area contributed by atoms with Crippen LogP contribution in [0.5, 0.6) is 5.75 Å². The van der Waals surface area contributed by atoms with Crippen LogP contribution in [-0.2, 0) is 0 Å². The highest BCUT2D eigenvalue weighted by Crippen LogP contribution is 2.38. The molecule has 0 heterocycles. The molecule has 3 heteroatoms. The van der Waals surface area contributed by atoms with Gasteiger partial charge in [-0.25, -0.2) is 0 Å². The van der Waals surface area contributed by atoms with Gasteiger partial charge < -0.3 is 5.11 Å². The van der Waals surface area contributed by atoms with Gasteiger partial charge in [0.2, 0.25) is 0 Å². The highest BCUT2D eigenvalue weighted by atomic mass is 35.5. The fraction of sp³-hybridized carbons (Fsp3) is 0.0526. The van der Waals surface area contributed by atoms with Crippen molar-refractivity contribution in [2.24, 2.45) is 0 Å². The van der Waals surface area contributed by atoms with Crippen LogP contribution in [0.25, 0.3) is 22.3 Å². The molecule has 0 amide bonds. The van der Waals surface area contributed by atoms with E-state index in [0.29, 0.717) is 10.0 Å². The van der Waals surface area contributed by atoms with Crippen LogP contribution in [0.4, 0.5) is 0 Å². The number of phenols is 1. The van der Waals surface area contributed by atoms with Crippen molar-refractivity contribution in [3.8, 4) is 28.0 Å². The highest BCUT2D eigenvalue weighted by Gasteiger charge is 2.12. The van der Waals surface area contributed by atoms with Gasteiger partial charge in [-0.1, -0.05) is 53.5 Å². The molecule has 0 aliphatic rings. The quantitative estimate of drug-likeness (QED) is 0.581. The molecule has 0 bridgehead atoms. The van der Waals surface area contributed by atoms with Crippen molar-refractivity contribution in [2.45, 2.75) is 6.92 Å². The van der Waals surface area contributed by atoms with Crippen molar-refractivity contribution >= 4 is 23.2 Å². The average Bonchev–Trinajstić information content (AvgIpc) is 2.47. The van der Waals surface area contributed by atoms with Crippen LogP contribution in [-0.4, -0.2) is 5.11 Å². The molecule has 1 N–H and O–H groups in total. The smallest absolute Gasteiger partial charge is 0.116 e. The Labute approximate surface area is 139 Å². The highest BCUT2D eigenvalue weighted by molar-refractivity contribution is 6.39. The van der Waals surface area contributed by atoms with Crippen LogP contribution in [0.15, 0.2) is 60.7 Å². The van der Waals surface area contributed by atoms with E-state index in [9.17, 15) is 5.11 Å². The third kappa shape index (κ3) is 2.83. The van der Waals surface area contributed by atoms with Gasteiger partial charge in [-0.2, -0.15) is 0 Å². The lowest BCUT2D eigenvalue weighted by molar-refractivity contribution is 0.476. The first-order valence-electron chi connectivity index (χ1n) is 6.90. The summed E-state index contributed by atoms with van der Waals surface area (Å²) in [6.07, 6.45) is 0. The molecule has 3 rings (SSSR count). The minimum absolute atomic E-state index is 0.187. The summed E-state index contributed by atoms with van der Waals surface area (Å²) in [5.41, 5.74) is 4.68. The minimum Gasteiger partial charge on any atom is -0.508 e. The van der Waals surface area contributed by atoms with E-state index in [4.69, 9.17) is 23.2 Å². The average molecular weight is 329 g/mol. The van der Waals surface area contributed by atoms with E-state index < -0.39 is 0 Å². The van der Waals surface area contributed by atoms with Gasteiger partial charge in [0, 0.05) is 15.6 Å². The van der Waals surface area contributed by atoms with Crippen molar-refractivity contribution in [1.82, 2.24) is 0 Å². The van der Waals surface area contributed by atoms with Crippen LogP contribution in [0.2, 0.25) is 10.0 Å². The molecular formula is C19H14Cl2O. The van der Waals surface area contributed by atoms with Gasteiger partial charge in [0.05, 0.1) is 0 Å². The summed E-state index contributed by atoms with van der Waals surface area (Å²) >= 11 is 12.6.